The van der Waals surface area contributed by atoms with Crippen LogP contribution >= 0.6 is 0 Å². The minimum absolute atomic E-state index is 0.267. The molecule has 0 aliphatic heterocycles. The van der Waals surface area contributed by atoms with Gasteiger partial charge in [0, 0.05) is 13.0 Å². The summed E-state index contributed by atoms with van der Waals surface area (Å²) in [7, 11) is 0. The molecule has 0 aliphatic rings. The molecule has 0 aromatic heterocycles. The monoisotopic (exact) mass is 206 g/mol. The van der Waals surface area contributed by atoms with Crippen molar-refractivity contribution in [3.63, 3.8) is 0 Å². The Balaban J connectivity index is 2.48. The predicted molar refractivity (Wildman–Crippen MR) is 59.0 cm³/mol. The second-order valence-corrected chi connectivity index (χ2v) is 3.50. The highest BCUT2D eigenvalue weighted by Crippen LogP contribution is 2.06. The van der Waals surface area contributed by atoms with Crippen LogP contribution in [0.5, 0.6) is 0 Å². The first-order valence-electron chi connectivity index (χ1n) is 4.89. The van der Waals surface area contributed by atoms with E-state index in [-0.39, 0.29) is 12.0 Å². The van der Waals surface area contributed by atoms with Crippen molar-refractivity contribution in [1.29, 1.82) is 0 Å². The zero-order valence-corrected chi connectivity index (χ0v) is 8.85. The van der Waals surface area contributed by atoms with Gasteiger partial charge in [-0.05, 0) is 18.9 Å². The Morgan fingerprint density at radius 2 is 2.07 bits per heavy atom. The van der Waals surface area contributed by atoms with Gasteiger partial charge >= 0.3 is 5.97 Å². The lowest BCUT2D eigenvalue weighted by molar-refractivity contribution is -0.145. The third kappa shape index (κ3) is 4.13. The first kappa shape index (κ1) is 11.7. The van der Waals surface area contributed by atoms with Gasteiger partial charge < -0.3 is 10.5 Å². The van der Waals surface area contributed by atoms with Crippen molar-refractivity contribution < 1.29 is 9.53 Å². The number of carbonyl (C=O) groups is 1. The smallest absolute Gasteiger partial charge is 0.302 e. The van der Waals surface area contributed by atoms with E-state index in [0.717, 1.165) is 5.56 Å². The van der Waals surface area contributed by atoms with Crippen molar-refractivity contribution in [2.75, 3.05) is 0 Å². The van der Waals surface area contributed by atoms with Gasteiger partial charge in [-0.1, -0.05) is 30.3 Å². The molecule has 2 atom stereocenters. The topological polar surface area (TPSA) is 52.3 Å². The molecule has 0 aliphatic carbocycles. The lowest BCUT2D eigenvalue weighted by atomic mass is 10.0. The summed E-state index contributed by atoms with van der Waals surface area (Å²) in [5, 5.41) is 0. The summed E-state index contributed by atoms with van der Waals surface area (Å²) in [6, 6.07) is 9.55. The molecule has 2 N–H and O–H groups in total. The zero-order chi connectivity index (χ0) is 11.3. The van der Waals surface area contributed by atoms with Gasteiger partial charge in [-0.3, -0.25) is 4.79 Å². The fourth-order valence-corrected chi connectivity index (χ4v) is 1.32. The molecule has 0 amide bonds. The molecule has 0 spiro atoms. The summed E-state index contributed by atoms with van der Waals surface area (Å²) >= 11 is 0. The number of hydrogen-bond acceptors (Lipinski definition) is 3. The third-order valence-electron chi connectivity index (χ3n) is 2.11. The fraction of sp³-hybridized carbons (Fsp3) is 0.333. The van der Waals surface area contributed by atoms with Crippen LogP contribution in [-0.2, 0) is 16.0 Å². The summed E-state index contributed by atoms with van der Waals surface area (Å²) in [5.41, 5.74) is 6.97. The van der Waals surface area contributed by atoms with Crippen LogP contribution in [0.25, 0.3) is 0 Å². The van der Waals surface area contributed by atoms with Crippen LogP contribution in [0.3, 0.4) is 0 Å². The number of carbonyl (C=O) groups excluding carboxylic acids is 1. The van der Waals surface area contributed by atoms with E-state index in [0.29, 0.717) is 6.42 Å². The number of ether oxygens (including phenoxy) is 1. The molecule has 0 saturated carbocycles. The average molecular weight is 206 g/mol. The minimum atomic E-state index is -0.497. The molecule has 1 aromatic carbocycles. The molecule has 0 heterocycles. The maximum absolute atomic E-state index is 10.7. The van der Waals surface area contributed by atoms with E-state index in [1.54, 1.807) is 0 Å². The van der Waals surface area contributed by atoms with Gasteiger partial charge in [-0.15, -0.1) is 0 Å². The Hall–Kier alpha value is -1.35. The van der Waals surface area contributed by atoms with E-state index in [2.05, 4.69) is 6.92 Å². The van der Waals surface area contributed by atoms with Crippen LogP contribution in [0, 0.1) is 6.92 Å². The van der Waals surface area contributed by atoms with Crippen LogP contribution in [-0.4, -0.2) is 18.1 Å². The lowest BCUT2D eigenvalue weighted by Gasteiger charge is -2.19. The Kier molecular flexibility index (Phi) is 4.31. The molecule has 3 heteroatoms. The normalized spacial score (nSPS) is 14.3. The summed E-state index contributed by atoms with van der Waals surface area (Å²) in [6.45, 7) is 5.06. The van der Waals surface area contributed by atoms with Gasteiger partial charge in [-0.25, -0.2) is 0 Å². The highest BCUT2D eigenvalue weighted by atomic mass is 16.5. The van der Waals surface area contributed by atoms with Crippen LogP contribution in [0.2, 0.25) is 0 Å². The number of nitrogens with two attached hydrogens (primary N) is 1. The molecular formula is C12H16NO2. The highest BCUT2D eigenvalue weighted by molar-refractivity contribution is 5.66. The molecule has 15 heavy (non-hydrogen) atoms. The Morgan fingerprint density at radius 1 is 1.47 bits per heavy atom. The van der Waals surface area contributed by atoms with Crippen molar-refractivity contribution in [2.24, 2.45) is 5.73 Å². The predicted octanol–water partition coefficient (Wildman–Crippen LogP) is 1.32. The molecule has 1 rings (SSSR count). The summed E-state index contributed by atoms with van der Waals surface area (Å²) in [5.74, 6) is -0.349. The standard InChI is InChI=1S/C12H16NO2/c1-9(15-10(2)14)12(13)8-11-6-4-3-5-7-11/h3-7,9,12H,1,8,13H2,2H3. The summed E-state index contributed by atoms with van der Waals surface area (Å²) < 4.78 is 4.91. The van der Waals surface area contributed by atoms with Crippen molar-refractivity contribution in [1.82, 2.24) is 0 Å². The number of esters is 1. The first-order chi connectivity index (χ1) is 7.09. The second kappa shape index (κ2) is 5.51. The zero-order valence-electron chi connectivity index (χ0n) is 8.85. The molecular weight excluding hydrogens is 190 g/mol. The SMILES string of the molecule is [CH2]C(OC(C)=O)C(N)Cc1ccccc1. The molecule has 81 valence electrons. The van der Waals surface area contributed by atoms with Crippen LogP contribution < -0.4 is 5.73 Å². The van der Waals surface area contributed by atoms with Gasteiger partial charge in [-0.2, -0.15) is 0 Å². The Bertz CT molecular complexity index is 311. The van der Waals surface area contributed by atoms with Gasteiger partial charge in [0.25, 0.3) is 0 Å². The third-order valence-corrected chi connectivity index (χ3v) is 2.11. The number of rotatable bonds is 4. The quantitative estimate of drug-likeness (QED) is 0.756. The average Bonchev–Trinajstić information content (AvgIpc) is 2.18. The van der Waals surface area contributed by atoms with E-state index >= 15 is 0 Å². The van der Waals surface area contributed by atoms with Crippen LogP contribution in [0.4, 0.5) is 0 Å². The minimum Gasteiger partial charge on any atom is -0.461 e. The Morgan fingerprint density at radius 3 is 2.60 bits per heavy atom. The Labute approximate surface area is 90.2 Å². The fourth-order valence-electron chi connectivity index (χ4n) is 1.32. The molecule has 1 aromatic rings. The highest BCUT2D eigenvalue weighted by Gasteiger charge is 2.15. The van der Waals surface area contributed by atoms with Crippen molar-refractivity contribution in [3.8, 4) is 0 Å². The van der Waals surface area contributed by atoms with E-state index in [1.165, 1.54) is 6.92 Å². The van der Waals surface area contributed by atoms with Crippen LogP contribution in [0.15, 0.2) is 30.3 Å². The van der Waals surface area contributed by atoms with Gasteiger partial charge in [0.05, 0.1) is 0 Å². The van der Waals surface area contributed by atoms with Gasteiger partial charge in [0.1, 0.15) is 6.10 Å². The van der Waals surface area contributed by atoms with E-state index in [4.69, 9.17) is 10.5 Å². The molecule has 1 radical (unpaired) electrons. The first-order valence-corrected chi connectivity index (χ1v) is 4.89. The second-order valence-electron chi connectivity index (χ2n) is 3.50. The maximum atomic E-state index is 10.7. The van der Waals surface area contributed by atoms with E-state index in [9.17, 15) is 4.79 Å². The number of benzene rings is 1. The lowest BCUT2D eigenvalue weighted by Crippen LogP contribution is -2.37. The summed E-state index contributed by atoms with van der Waals surface area (Å²) in [4.78, 5) is 10.7. The van der Waals surface area contributed by atoms with Crippen molar-refractivity contribution in [2.45, 2.75) is 25.5 Å². The largest absolute Gasteiger partial charge is 0.461 e. The van der Waals surface area contributed by atoms with E-state index in [1.807, 2.05) is 30.3 Å². The maximum Gasteiger partial charge on any atom is 0.302 e. The molecule has 0 saturated heterocycles. The van der Waals surface area contributed by atoms with Crippen LogP contribution in [0.1, 0.15) is 12.5 Å². The number of hydrogen-bond donors (Lipinski definition) is 1. The molecule has 3 nitrogen and oxygen atoms in total. The van der Waals surface area contributed by atoms with Crippen molar-refractivity contribution in [3.05, 3.63) is 42.8 Å². The van der Waals surface area contributed by atoms with Gasteiger partial charge in [0.2, 0.25) is 0 Å². The molecule has 0 bridgehead atoms. The van der Waals surface area contributed by atoms with Gasteiger partial charge in [0.15, 0.2) is 0 Å². The summed E-state index contributed by atoms with van der Waals surface area (Å²) in [6.07, 6.45) is 0.158. The molecule has 2 unspecified atom stereocenters. The van der Waals surface area contributed by atoms with Crippen molar-refractivity contribution >= 4 is 5.97 Å². The van der Waals surface area contributed by atoms with E-state index < -0.39 is 6.10 Å². The molecule has 0 fully saturated rings.